The molecule has 25 heavy (non-hydrogen) atoms. The van der Waals surface area contributed by atoms with Gasteiger partial charge in [0.15, 0.2) is 0 Å². The quantitative estimate of drug-likeness (QED) is 0.786. The summed E-state index contributed by atoms with van der Waals surface area (Å²) in [4.78, 5) is 14.3. The van der Waals surface area contributed by atoms with E-state index in [2.05, 4.69) is 10.2 Å². The molecular weight excluding hydrogens is 342 g/mol. The van der Waals surface area contributed by atoms with Crippen LogP contribution in [-0.4, -0.2) is 68.6 Å². The monoisotopic (exact) mass is 369 g/mol. The van der Waals surface area contributed by atoms with Gasteiger partial charge in [-0.25, -0.2) is 8.42 Å². The van der Waals surface area contributed by atoms with E-state index in [-0.39, 0.29) is 24.2 Å². The van der Waals surface area contributed by atoms with Crippen molar-refractivity contribution in [2.24, 2.45) is 0 Å². The summed E-state index contributed by atoms with van der Waals surface area (Å²) < 4.78 is 31.8. The second-order valence-corrected chi connectivity index (χ2v) is 8.57. The van der Waals surface area contributed by atoms with Gasteiger partial charge in [0.05, 0.1) is 17.5 Å². The van der Waals surface area contributed by atoms with Gasteiger partial charge in [-0.05, 0) is 33.0 Å². The van der Waals surface area contributed by atoms with Crippen molar-refractivity contribution in [1.82, 2.24) is 9.21 Å². The molecule has 1 aromatic rings. The zero-order valence-electron chi connectivity index (χ0n) is 15.1. The number of carbonyl (C=O) groups excluding carboxylic acids is 1. The molecule has 0 saturated carbocycles. The SMILES string of the molecule is CC(C)Oc1ccccc1NC(=O)CCS(=O)(=O)N1CCN(C)CC1. The van der Waals surface area contributed by atoms with Gasteiger partial charge in [-0.15, -0.1) is 0 Å². The third-order valence-electron chi connectivity index (χ3n) is 3.97. The summed E-state index contributed by atoms with van der Waals surface area (Å²) >= 11 is 0. The summed E-state index contributed by atoms with van der Waals surface area (Å²) in [5.74, 6) is 0.0562. The van der Waals surface area contributed by atoms with Crippen LogP contribution in [0.2, 0.25) is 0 Å². The van der Waals surface area contributed by atoms with E-state index in [9.17, 15) is 13.2 Å². The van der Waals surface area contributed by atoms with Crippen LogP contribution in [0.4, 0.5) is 5.69 Å². The van der Waals surface area contributed by atoms with Crippen molar-refractivity contribution < 1.29 is 17.9 Å². The lowest BCUT2D eigenvalue weighted by Crippen LogP contribution is -2.48. The first kappa shape index (κ1) is 19.7. The second-order valence-electron chi connectivity index (χ2n) is 6.48. The summed E-state index contributed by atoms with van der Waals surface area (Å²) in [7, 11) is -1.44. The Morgan fingerprint density at radius 2 is 1.84 bits per heavy atom. The van der Waals surface area contributed by atoms with Gasteiger partial charge in [-0.2, -0.15) is 4.31 Å². The molecule has 0 unspecified atom stereocenters. The van der Waals surface area contributed by atoms with E-state index in [0.717, 1.165) is 0 Å². The molecule has 1 aliphatic rings. The van der Waals surface area contributed by atoms with Crippen LogP contribution in [0.3, 0.4) is 0 Å². The lowest BCUT2D eigenvalue weighted by molar-refractivity contribution is -0.115. The van der Waals surface area contributed by atoms with E-state index in [1.807, 2.05) is 27.0 Å². The minimum atomic E-state index is -3.41. The second kappa shape index (κ2) is 8.64. The maximum atomic E-state index is 12.4. The molecule has 8 heteroatoms. The first-order chi connectivity index (χ1) is 11.8. The Balaban J connectivity index is 1.90. The molecule has 140 valence electrons. The number of nitrogens with one attached hydrogen (secondary N) is 1. The van der Waals surface area contributed by atoms with Gasteiger partial charge in [0.2, 0.25) is 15.9 Å². The highest BCUT2D eigenvalue weighted by Crippen LogP contribution is 2.25. The highest BCUT2D eigenvalue weighted by molar-refractivity contribution is 7.89. The van der Waals surface area contributed by atoms with Crippen LogP contribution in [0.15, 0.2) is 24.3 Å². The number of carbonyl (C=O) groups is 1. The summed E-state index contributed by atoms with van der Waals surface area (Å²) in [6.07, 6.45) is -0.0966. The summed E-state index contributed by atoms with van der Waals surface area (Å²) in [5, 5.41) is 2.74. The predicted octanol–water partition coefficient (Wildman–Crippen LogP) is 1.38. The van der Waals surface area contributed by atoms with Crippen LogP contribution in [-0.2, 0) is 14.8 Å². The van der Waals surface area contributed by atoms with Gasteiger partial charge >= 0.3 is 0 Å². The van der Waals surface area contributed by atoms with Crippen LogP contribution in [0.5, 0.6) is 5.75 Å². The Kier molecular flexibility index (Phi) is 6.80. The molecule has 1 fully saturated rings. The maximum Gasteiger partial charge on any atom is 0.225 e. The van der Waals surface area contributed by atoms with E-state index in [4.69, 9.17) is 4.74 Å². The fourth-order valence-electron chi connectivity index (χ4n) is 2.56. The number of likely N-dealkylation sites (N-methyl/N-ethyl adjacent to an activating group) is 1. The number of benzene rings is 1. The molecule has 0 aliphatic carbocycles. The van der Waals surface area contributed by atoms with Crippen molar-refractivity contribution in [2.75, 3.05) is 44.3 Å². The summed E-state index contributed by atoms with van der Waals surface area (Å²) in [5.41, 5.74) is 0.554. The van der Waals surface area contributed by atoms with Crippen LogP contribution >= 0.6 is 0 Å². The van der Waals surface area contributed by atoms with Crippen LogP contribution in [0.1, 0.15) is 20.3 Å². The number of anilines is 1. The van der Waals surface area contributed by atoms with Gasteiger partial charge < -0.3 is 15.0 Å². The van der Waals surface area contributed by atoms with Crippen molar-refractivity contribution in [3.05, 3.63) is 24.3 Å². The first-order valence-electron chi connectivity index (χ1n) is 8.50. The molecule has 7 nitrogen and oxygen atoms in total. The van der Waals surface area contributed by atoms with E-state index >= 15 is 0 Å². The van der Waals surface area contributed by atoms with E-state index in [1.165, 1.54) is 4.31 Å². The lowest BCUT2D eigenvalue weighted by atomic mass is 10.2. The fourth-order valence-corrected chi connectivity index (χ4v) is 3.98. The lowest BCUT2D eigenvalue weighted by Gasteiger charge is -2.31. The van der Waals surface area contributed by atoms with Crippen LogP contribution < -0.4 is 10.1 Å². The molecule has 0 atom stereocenters. The molecule has 1 amide bonds. The third-order valence-corrected chi connectivity index (χ3v) is 5.84. The van der Waals surface area contributed by atoms with E-state index in [1.54, 1.807) is 18.2 Å². The number of hydrogen-bond acceptors (Lipinski definition) is 5. The highest BCUT2D eigenvalue weighted by atomic mass is 32.2. The first-order valence-corrected chi connectivity index (χ1v) is 10.1. The molecule has 1 saturated heterocycles. The molecule has 0 spiro atoms. The van der Waals surface area contributed by atoms with Gasteiger partial charge in [-0.1, -0.05) is 12.1 Å². The van der Waals surface area contributed by atoms with Gasteiger partial charge in [0, 0.05) is 32.6 Å². The van der Waals surface area contributed by atoms with Gasteiger partial charge in [-0.3, -0.25) is 4.79 Å². The van der Waals surface area contributed by atoms with Crippen LogP contribution in [0, 0.1) is 0 Å². The fraction of sp³-hybridized carbons (Fsp3) is 0.588. The molecule has 1 aliphatic heterocycles. The van der Waals surface area contributed by atoms with Crippen molar-refractivity contribution >= 4 is 21.6 Å². The van der Waals surface area contributed by atoms with Gasteiger partial charge in [0.25, 0.3) is 0 Å². The van der Waals surface area contributed by atoms with E-state index < -0.39 is 10.0 Å². The van der Waals surface area contributed by atoms with Crippen molar-refractivity contribution in [3.8, 4) is 5.75 Å². The topological polar surface area (TPSA) is 78.9 Å². The molecule has 1 N–H and O–H groups in total. The Morgan fingerprint density at radius 1 is 1.20 bits per heavy atom. The summed E-state index contributed by atoms with van der Waals surface area (Å²) in [6, 6.07) is 7.14. The molecular formula is C17H27N3O4S. The smallest absolute Gasteiger partial charge is 0.225 e. The number of nitrogens with zero attached hydrogens (tertiary/aromatic N) is 2. The standard InChI is InChI=1S/C17H27N3O4S/c1-14(2)24-16-7-5-4-6-15(16)18-17(21)8-13-25(22,23)20-11-9-19(3)10-12-20/h4-7,14H,8-13H2,1-3H3,(H,18,21). The van der Waals surface area contributed by atoms with Crippen molar-refractivity contribution in [3.63, 3.8) is 0 Å². The number of para-hydroxylation sites is 2. The molecule has 0 radical (unpaired) electrons. The highest BCUT2D eigenvalue weighted by Gasteiger charge is 2.26. The van der Waals surface area contributed by atoms with Crippen molar-refractivity contribution in [1.29, 1.82) is 0 Å². The minimum Gasteiger partial charge on any atom is -0.489 e. The maximum absolute atomic E-state index is 12.4. The zero-order valence-corrected chi connectivity index (χ0v) is 15.9. The number of hydrogen-bond donors (Lipinski definition) is 1. The Bertz CT molecular complexity index is 683. The number of sulfonamides is 1. The average molecular weight is 369 g/mol. The molecule has 1 heterocycles. The molecule has 0 bridgehead atoms. The average Bonchev–Trinajstić information content (AvgIpc) is 2.55. The predicted molar refractivity (Wildman–Crippen MR) is 98.3 cm³/mol. The molecule has 2 rings (SSSR count). The molecule has 0 aromatic heterocycles. The third kappa shape index (κ3) is 5.98. The van der Waals surface area contributed by atoms with Crippen LogP contribution in [0.25, 0.3) is 0 Å². The Hall–Kier alpha value is -1.64. The number of rotatable bonds is 7. The zero-order chi connectivity index (χ0) is 18.4. The van der Waals surface area contributed by atoms with E-state index in [0.29, 0.717) is 37.6 Å². The van der Waals surface area contributed by atoms with Crippen molar-refractivity contribution in [2.45, 2.75) is 26.4 Å². The number of piperazine rings is 1. The van der Waals surface area contributed by atoms with Gasteiger partial charge in [0.1, 0.15) is 5.75 Å². The largest absolute Gasteiger partial charge is 0.489 e. The molecule has 1 aromatic carbocycles. The Morgan fingerprint density at radius 3 is 2.48 bits per heavy atom. The minimum absolute atomic E-state index is 0.0179. The number of ether oxygens (including phenoxy) is 1. The summed E-state index contributed by atoms with van der Waals surface area (Å²) in [6.45, 7) is 6.19. The normalized spacial score (nSPS) is 16.8. The number of amides is 1. The Labute approximate surface area is 150 Å².